The molecular formula is C17H31N3OS. The molecule has 1 aliphatic carbocycles. The van der Waals surface area contributed by atoms with E-state index < -0.39 is 0 Å². The lowest BCUT2D eigenvalue weighted by molar-refractivity contribution is -0.188. The van der Waals surface area contributed by atoms with E-state index in [1.807, 2.05) is 7.05 Å². The van der Waals surface area contributed by atoms with E-state index in [2.05, 4.69) is 48.2 Å². The van der Waals surface area contributed by atoms with Crippen molar-refractivity contribution in [3.05, 3.63) is 0 Å². The van der Waals surface area contributed by atoms with Gasteiger partial charge < -0.3 is 15.4 Å². The van der Waals surface area contributed by atoms with Gasteiger partial charge in [-0.1, -0.05) is 13.8 Å². The van der Waals surface area contributed by atoms with E-state index in [-0.39, 0.29) is 5.41 Å². The Bertz CT molecular complexity index is 432. The van der Waals surface area contributed by atoms with Crippen molar-refractivity contribution in [3.63, 3.8) is 0 Å². The summed E-state index contributed by atoms with van der Waals surface area (Å²) in [5.74, 6) is 2.88. The quantitative estimate of drug-likeness (QED) is 0.618. The summed E-state index contributed by atoms with van der Waals surface area (Å²) in [6, 6.07) is 0.466. The summed E-state index contributed by atoms with van der Waals surface area (Å²) in [5.41, 5.74) is 0.189. The first-order chi connectivity index (χ1) is 10.5. The van der Waals surface area contributed by atoms with Crippen LogP contribution in [0.25, 0.3) is 0 Å². The fourth-order valence-corrected chi connectivity index (χ4v) is 5.65. The van der Waals surface area contributed by atoms with Crippen LogP contribution in [0.15, 0.2) is 4.99 Å². The number of hydrogen-bond acceptors (Lipinski definition) is 3. The molecule has 3 fully saturated rings. The molecule has 2 N–H and O–H groups in total. The molecule has 1 saturated carbocycles. The number of fused-ring (bicyclic) bond motifs is 1. The van der Waals surface area contributed by atoms with Crippen LogP contribution in [-0.4, -0.2) is 48.8 Å². The van der Waals surface area contributed by atoms with Crippen molar-refractivity contribution in [3.8, 4) is 0 Å². The van der Waals surface area contributed by atoms with Gasteiger partial charge in [0.2, 0.25) is 0 Å². The molecule has 0 radical (unpaired) electrons. The molecule has 0 aromatic heterocycles. The zero-order valence-electron chi connectivity index (χ0n) is 14.4. The van der Waals surface area contributed by atoms with Gasteiger partial charge in [-0.2, -0.15) is 11.8 Å². The van der Waals surface area contributed by atoms with Crippen LogP contribution >= 0.6 is 11.8 Å². The van der Waals surface area contributed by atoms with Crippen LogP contribution in [-0.2, 0) is 4.74 Å². The summed E-state index contributed by atoms with van der Waals surface area (Å²) in [7, 11) is 1.87. The zero-order chi connectivity index (χ0) is 15.8. The molecule has 4 atom stereocenters. The van der Waals surface area contributed by atoms with Crippen molar-refractivity contribution in [2.24, 2.45) is 16.3 Å². The Morgan fingerprint density at radius 2 is 2.14 bits per heavy atom. The molecule has 0 aromatic carbocycles. The zero-order valence-corrected chi connectivity index (χ0v) is 15.3. The predicted octanol–water partition coefficient (Wildman–Crippen LogP) is 2.64. The van der Waals surface area contributed by atoms with E-state index in [0.29, 0.717) is 22.8 Å². The van der Waals surface area contributed by atoms with Gasteiger partial charge in [0, 0.05) is 42.3 Å². The van der Waals surface area contributed by atoms with E-state index in [0.717, 1.165) is 19.1 Å². The smallest absolute Gasteiger partial charge is 0.191 e. The summed E-state index contributed by atoms with van der Waals surface area (Å²) < 4.78 is 6.36. The van der Waals surface area contributed by atoms with Gasteiger partial charge in [-0.25, -0.2) is 0 Å². The maximum Gasteiger partial charge on any atom is 0.191 e. The normalized spacial score (nSPS) is 40.7. The summed E-state index contributed by atoms with van der Waals surface area (Å²) >= 11 is 2.09. The molecular weight excluding hydrogens is 294 g/mol. The van der Waals surface area contributed by atoms with Gasteiger partial charge in [0.15, 0.2) is 5.96 Å². The fourth-order valence-electron chi connectivity index (χ4n) is 4.40. The van der Waals surface area contributed by atoms with Crippen molar-refractivity contribution in [2.75, 3.05) is 26.0 Å². The van der Waals surface area contributed by atoms with E-state index in [1.54, 1.807) is 0 Å². The first-order valence-corrected chi connectivity index (χ1v) is 9.68. The maximum atomic E-state index is 5.99. The number of thioether (sulfide) groups is 1. The highest BCUT2D eigenvalue weighted by Gasteiger charge is 2.58. The highest BCUT2D eigenvalue weighted by molar-refractivity contribution is 8.00. The minimum Gasteiger partial charge on any atom is -0.377 e. The molecule has 2 aliphatic heterocycles. The molecule has 3 rings (SSSR count). The lowest BCUT2D eigenvalue weighted by atomic mass is 9.55. The van der Waals surface area contributed by atoms with Crippen LogP contribution in [0.1, 0.15) is 46.5 Å². The SMILES string of the molecule is CN=C(NCC1(C)CCCS1)NC1C2CCCOC2C1(C)C. The molecule has 3 aliphatic rings. The van der Waals surface area contributed by atoms with Crippen LogP contribution in [0.2, 0.25) is 0 Å². The minimum atomic E-state index is 0.189. The van der Waals surface area contributed by atoms with Crippen LogP contribution in [0.3, 0.4) is 0 Å². The molecule has 0 aromatic rings. The monoisotopic (exact) mass is 325 g/mol. The number of nitrogens with one attached hydrogen (secondary N) is 2. The van der Waals surface area contributed by atoms with Gasteiger partial charge in [0.1, 0.15) is 0 Å². The second-order valence-electron chi connectivity index (χ2n) is 7.87. The summed E-state index contributed by atoms with van der Waals surface area (Å²) in [5, 5.41) is 7.24. The number of aliphatic imine (C=N–C) groups is 1. The maximum absolute atomic E-state index is 5.99. The van der Waals surface area contributed by atoms with Crippen molar-refractivity contribution in [2.45, 2.75) is 63.3 Å². The second kappa shape index (κ2) is 6.23. The molecule has 4 nitrogen and oxygen atoms in total. The Morgan fingerprint density at radius 1 is 1.32 bits per heavy atom. The van der Waals surface area contributed by atoms with E-state index >= 15 is 0 Å². The molecule has 22 heavy (non-hydrogen) atoms. The van der Waals surface area contributed by atoms with E-state index in [1.165, 1.54) is 31.4 Å². The van der Waals surface area contributed by atoms with Crippen molar-refractivity contribution < 1.29 is 4.74 Å². The molecule has 0 bridgehead atoms. The van der Waals surface area contributed by atoms with Gasteiger partial charge in [-0.05, 0) is 38.4 Å². The second-order valence-corrected chi connectivity index (χ2v) is 9.55. The first-order valence-electron chi connectivity index (χ1n) is 8.69. The third kappa shape index (κ3) is 2.99. The van der Waals surface area contributed by atoms with Crippen LogP contribution in [0, 0.1) is 11.3 Å². The number of hydrogen-bond donors (Lipinski definition) is 2. The molecule has 5 heteroatoms. The Labute approximate surface area is 139 Å². The topological polar surface area (TPSA) is 45.7 Å². The van der Waals surface area contributed by atoms with Gasteiger partial charge in [-0.15, -0.1) is 0 Å². The fraction of sp³-hybridized carbons (Fsp3) is 0.941. The molecule has 0 amide bonds. The summed E-state index contributed by atoms with van der Waals surface area (Å²) in [6.45, 7) is 8.93. The van der Waals surface area contributed by atoms with Crippen LogP contribution in [0.5, 0.6) is 0 Å². The van der Waals surface area contributed by atoms with Gasteiger partial charge in [0.25, 0.3) is 0 Å². The average molecular weight is 326 g/mol. The van der Waals surface area contributed by atoms with Gasteiger partial charge in [0.05, 0.1) is 6.10 Å². The third-order valence-corrected chi connectivity index (χ3v) is 7.32. The molecule has 2 saturated heterocycles. The van der Waals surface area contributed by atoms with Crippen molar-refractivity contribution in [1.29, 1.82) is 0 Å². The van der Waals surface area contributed by atoms with Gasteiger partial charge in [-0.3, -0.25) is 4.99 Å². The minimum absolute atomic E-state index is 0.189. The predicted molar refractivity (Wildman–Crippen MR) is 94.6 cm³/mol. The lowest BCUT2D eigenvalue weighted by Crippen LogP contribution is -2.71. The third-order valence-electron chi connectivity index (χ3n) is 5.78. The Kier molecular flexibility index (Phi) is 4.66. The Morgan fingerprint density at radius 3 is 2.82 bits per heavy atom. The summed E-state index contributed by atoms with van der Waals surface area (Å²) in [6.07, 6.45) is 5.52. The van der Waals surface area contributed by atoms with E-state index in [9.17, 15) is 0 Å². The summed E-state index contributed by atoms with van der Waals surface area (Å²) in [4.78, 5) is 4.45. The van der Waals surface area contributed by atoms with Crippen LogP contribution in [0.4, 0.5) is 0 Å². The molecule has 126 valence electrons. The standard InChI is InChI=1S/C17H31N3OS/c1-16(2)13(12-7-5-9-21-14(12)16)20-15(18-4)19-11-17(3)8-6-10-22-17/h12-14H,5-11H2,1-4H3,(H2,18,19,20). The van der Waals surface area contributed by atoms with E-state index in [4.69, 9.17) is 4.74 Å². The number of ether oxygens (including phenoxy) is 1. The number of rotatable bonds is 3. The lowest BCUT2D eigenvalue weighted by Gasteiger charge is -2.60. The van der Waals surface area contributed by atoms with Gasteiger partial charge >= 0.3 is 0 Å². The number of nitrogens with zero attached hydrogens (tertiary/aromatic N) is 1. The Hall–Kier alpha value is -0.420. The average Bonchev–Trinajstić information content (AvgIpc) is 2.94. The largest absolute Gasteiger partial charge is 0.377 e. The Balaban J connectivity index is 1.56. The van der Waals surface area contributed by atoms with Crippen molar-refractivity contribution in [1.82, 2.24) is 10.6 Å². The highest BCUT2D eigenvalue weighted by Crippen LogP contribution is 2.51. The van der Waals surface area contributed by atoms with Crippen LogP contribution < -0.4 is 10.6 Å². The highest BCUT2D eigenvalue weighted by atomic mass is 32.2. The molecule has 4 unspecified atom stereocenters. The van der Waals surface area contributed by atoms with Crippen molar-refractivity contribution >= 4 is 17.7 Å². The molecule has 0 spiro atoms. The first kappa shape index (κ1) is 16.4. The number of guanidine groups is 1. The molecule has 2 heterocycles.